The first kappa shape index (κ1) is 15.5. The minimum atomic E-state index is -1.06. The number of aliphatic carboxylic acids is 1. The van der Waals surface area contributed by atoms with Crippen LogP contribution in [0.5, 0.6) is 0 Å². The number of carbonyl (C=O) groups is 2. The van der Waals surface area contributed by atoms with Gasteiger partial charge >= 0.3 is 5.97 Å². The Morgan fingerprint density at radius 3 is 2.63 bits per heavy atom. The van der Waals surface area contributed by atoms with Gasteiger partial charge in [-0.25, -0.2) is 0 Å². The van der Waals surface area contributed by atoms with Gasteiger partial charge in [-0.15, -0.1) is 0 Å². The first-order valence-corrected chi connectivity index (χ1v) is 6.22. The second-order valence-electron chi connectivity index (χ2n) is 4.28. The van der Waals surface area contributed by atoms with Gasteiger partial charge in [-0.05, 0) is 25.6 Å². The second-order valence-corrected chi connectivity index (χ2v) is 4.69. The van der Waals surface area contributed by atoms with Crippen molar-refractivity contribution in [2.45, 2.75) is 13.0 Å². The molecule has 0 saturated heterocycles. The van der Waals surface area contributed by atoms with Crippen LogP contribution >= 0.6 is 11.6 Å². The van der Waals surface area contributed by atoms with Crippen LogP contribution in [0, 0.1) is 0 Å². The number of carboxylic acid groups (broad SMARTS) is 1. The maximum Gasteiger partial charge on any atom is 0.322 e. The summed E-state index contributed by atoms with van der Waals surface area (Å²) in [5.41, 5.74) is 0.928. The number of carbonyl (C=O) groups excluding carboxylic acids is 1. The minimum Gasteiger partial charge on any atom is -0.480 e. The average molecular weight is 285 g/mol. The Kier molecular flexibility index (Phi) is 5.79. The number of amides is 1. The normalized spacial score (nSPS) is 12.2. The van der Waals surface area contributed by atoms with Crippen LogP contribution in [0.3, 0.4) is 0 Å². The van der Waals surface area contributed by atoms with Crippen molar-refractivity contribution in [3.8, 4) is 0 Å². The molecule has 104 valence electrons. The Labute approximate surface area is 117 Å². The lowest BCUT2D eigenvalue weighted by atomic mass is 10.1. The number of halogens is 1. The second kappa shape index (κ2) is 7.11. The summed E-state index contributed by atoms with van der Waals surface area (Å²) in [6.07, 6.45) is 0. The Balaban J connectivity index is 2.58. The Hall–Kier alpha value is -1.59. The molecule has 0 spiro atoms. The van der Waals surface area contributed by atoms with Crippen LogP contribution in [0.4, 0.5) is 0 Å². The van der Waals surface area contributed by atoms with Gasteiger partial charge in [0.1, 0.15) is 6.54 Å². The van der Waals surface area contributed by atoms with Crippen LogP contribution in [0.2, 0.25) is 5.02 Å². The molecule has 0 aliphatic carbocycles. The largest absolute Gasteiger partial charge is 0.480 e. The van der Waals surface area contributed by atoms with Crippen molar-refractivity contribution in [1.82, 2.24) is 10.2 Å². The Bertz CT molecular complexity index is 465. The van der Waals surface area contributed by atoms with Gasteiger partial charge in [-0.3, -0.25) is 14.5 Å². The molecule has 5 nitrogen and oxygen atoms in total. The van der Waals surface area contributed by atoms with E-state index in [1.807, 2.05) is 25.1 Å². The van der Waals surface area contributed by atoms with Gasteiger partial charge in [0.05, 0.1) is 6.54 Å². The molecule has 0 fully saturated rings. The molecule has 0 radical (unpaired) electrons. The SMILES string of the molecule is CC(c1ccccc1Cl)N(C)CC(=O)NCC(=O)O. The summed E-state index contributed by atoms with van der Waals surface area (Å²) >= 11 is 6.10. The molecule has 1 rings (SSSR count). The van der Waals surface area contributed by atoms with Crippen molar-refractivity contribution in [1.29, 1.82) is 0 Å². The quantitative estimate of drug-likeness (QED) is 0.831. The molecule has 0 aromatic heterocycles. The van der Waals surface area contributed by atoms with Crippen LogP contribution in [-0.2, 0) is 9.59 Å². The first-order chi connectivity index (χ1) is 8.91. The van der Waals surface area contributed by atoms with Crippen molar-refractivity contribution in [2.24, 2.45) is 0 Å². The van der Waals surface area contributed by atoms with Gasteiger partial charge in [0.15, 0.2) is 0 Å². The number of rotatable bonds is 6. The fourth-order valence-corrected chi connectivity index (χ4v) is 1.94. The number of benzene rings is 1. The highest BCUT2D eigenvalue weighted by molar-refractivity contribution is 6.31. The Morgan fingerprint density at radius 1 is 1.42 bits per heavy atom. The topological polar surface area (TPSA) is 69.6 Å². The van der Waals surface area contributed by atoms with Gasteiger partial charge in [0.2, 0.25) is 5.91 Å². The Morgan fingerprint density at radius 2 is 2.05 bits per heavy atom. The molecule has 1 unspecified atom stereocenters. The third-order valence-corrected chi connectivity index (χ3v) is 3.19. The zero-order valence-corrected chi connectivity index (χ0v) is 11.6. The molecule has 1 amide bonds. The molecule has 1 aromatic carbocycles. The van der Waals surface area contributed by atoms with E-state index in [1.165, 1.54) is 0 Å². The molecule has 6 heteroatoms. The number of likely N-dealkylation sites (N-methyl/N-ethyl adjacent to an activating group) is 1. The van der Waals surface area contributed by atoms with Gasteiger partial charge in [-0.1, -0.05) is 29.8 Å². The lowest BCUT2D eigenvalue weighted by Crippen LogP contribution is -2.38. The zero-order valence-electron chi connectivity index (χ0n) is 10.9. The van der Waals surface area contributed by atoms with Crippen LogP contribution < -0.4 is 5.32 Å². The van der Waals surface area contributed by atoms with Gasteiger partial charge in [0.25, 0.3) is 0 Å². The third kappa shape index (κ3) is 4.89. The van der Waals surface area contributed by atoms with Crippen molar-refractivity contribution < 1.29 is 14.7 Å². The van der Waals surface area contributed by atoms with Crippen molar-refractivity contribution >= 4 is 23.5 Å². The molecule has 0 saturated carbocycles. The lowest BCUT2D eigenvalue weighted by Gasteiger charge is -2.25. The van der Waals surface area contributed by atoms with Crippen molar-refractivity contribution in [3.05, 3.63) is 34.9 Å². The maximum absolute atomic E-state index is 11.5. The number of carboxylic acids is 1. The highest BCUT2D eigenvalue weighted by atomic mass is 35.5. The molecule has 0 aliphatic rings. The van der Waals surface area contributed by atoms with Crippen LogP contribution in [0.25, 0.3) is 0 Å². The van der Waals surface area contributed by atoms with Gasteiger partial charge < -0.3 is 10.4 Å². The highest BCUT2D eigenvalue weighted by Gasteiger charge is 2.17. The molecular weight excluding hydrogens is 268 g/mol. The standard InChI is InChI=1S/C13H17ClN2O3/c1-9(10-5-3-4-6-11(10)14)16(2)8-12(17)15-7-13(18)19/h3-6,9H,7-8H2,1-2H3,(H,15,17)(H,18,19). The van der Waals surface area contributed by atoms with Crippen LogP contribution in [0.1, 0.15) is 18.5 Å². The van der Waals surface area contributed by atoms with E-state index in [2.05, 4.69) is 5.32 Å². The zero-order chi connectivity index (χ0) is 14.4. The predicted molar refractivity (Wildman–Crippen MR) is 73.1 cm³/mol. The summed E-state index contributed by atoms with van der Waals surface area (Å²) in [6, 6.07) is 7.39. The number of nitrogens with zero attached hydrogens (tertiary/aromatic N) is 1. The number of nitrogens with one attached hydrogen (secondary N) is 1. The minimum absolute atomic E-state index is 0.0377. The summed E-state index contributed by atoms with van der Waals surface area (Å²) in [4.78, 5) is 23.7. The summed E-state index contributed by atoms with van der Waals surface area (Å²) in [5, 5.41) is 11.4. The molecule has 2 N–H and O–H groups in total. The molecule has 1 aromatic rings. The van der Waals surface area contributed by atoms with Gasteiger partial charge in [-0.2, -0.15) is 0 Å². The van der Waals surface area contributed by atoms with E-state index < -0.39 is 5.97 Å². The molecule has 0 heterocycles. The van der Waals surface area contributed by atoms with Crippen LogP contribution in [-0.4, -0.2) is 42.0 Å². The predicted octanol–water partition coefficient (Wildman–Crippen LogP) is 1.53. The van der Waals surface area contributed by atoms with E-state index in [1.54, 1.807) is 18.0 Å². The van der Waals surface area contributed by atoms with E-state index in [0.717, 1.165) is 5.56 Å². The maximum atomic E-state index is 11.5. The third-order valence-electron chi connectivity index (χ3n) is 2.85. The molecular formula is C13H17ClN2O3. The number of hydrogen-bond donors (Lipinski definition) is 2. The van der Waals surface area contributed by atoms with E-state index in [-0.39, 0.29) is 25.0 Å². The van der Waals surface area contributed by atoms with E-state index >= 15 is 0 Å². The first-order valence-electron chi connectivity index (χ1n) is 5.85. The fourth-order valence-electron chi connectivity index (χ4n) is 1.64. The molecule has 19 heavy (non-hydrogen) atoms. The van der Waals surface area contributed by atoms with Crippen molar-refractivity contribution in [3.63, 3.8) is 0 Å². The van der Waals surface area contributed by atoms with E-state index in [9.17, 15) is 9.59 Å². The molecule has 1 atom stereocenters. The fraction of sp³-hybridized carbons (Fsp3) is 0.385. The molecule has 0 aliphatic heterocycles. The van der Waals surface area contributed by atoms with E-state index in [0.29, 0.717) is 5.02 Å². The van der Waals surface area contributed by atoms with E-state index in [4.69, 9.17) is 16.7 Å². The summed E-state index contributed by atoms with van der Waals surface area (Å²) in [7, 11) is 1.79. The smallest absolute Gasteiger partial charge is 0.322 e. The average Bonchev–Trinajstić information content (AvgIpc) is 2.36. The van der Waals surface area contributed by atoms with Crippen molar-refractivity contribution in [2.75, 3.05) is 20.1 Å². The lowest BCUT2D eigenvalue weighted by molar-refractivity contribution is -0.138. The summed E-state index contributed by atoms with van der Waals surface area (Å²) < 4.78 is 0. The molecule has 0 bridgehead atoms. The highest BCUT2D eigenvalue weighted by Crippen LogP contribution is 2.25. The number of hydrogen-bond acceptors (Lipinski definition) is 3. The summed E-state index contributed by atoms with van der Waals surface area (Å²) in [6.45, 7) is 1.68. The summed E-state index contributed by atoms with van der Waals surface area (Å²) in [5.74, 6) is -1.39. The monoisotopic (exact) mass is 284 g/mol. The van der Waals surface area contributed by atoms with Crippen LogP contribution in [0.15, 0.2) is 24.3 Å². The van der Waals surface area contributed by atoms with Gasteiger partial charge in [0, 0.05) is 11.1 Å².